The first-order valence-electron chi connectivity index (χ1n) is 7.58. The third kappa shape index (κ3) is 2.40. The maximum Gasteiger partial charge on any atom is 0.257 e. The Morgan fingerprint density at radius 2 is 2.00 bits per heavy atom. The number of anilines is 2. The van der Waals surface area contributed by atoms with Gasteiger partial charge in [-0.1, -0.05) is 17.3 Å². The van der Waals surface area contributed by atoms with E-state index < -0.39 is 0 Å². The number of carbonyl (C=O) groups excluding carboxylic acids is 1. The molecule has 120 valence electrons. The lowest BCUT2D eigenvalue weighted by Gasteiger charge is -2.04. The number of aliphatic hydroxyl groups excluding tert-OH is 1. The second-order valence-corrected chi connectivity index (χ2v) is 5.52. The van der Waals surface area contributed by atoms with Gasteiger partial charge in [0, 0.05) is 24.1 Å². The van der Waals surface area contributed by atoms with Crippen LogP contribution in [0.3, 0.4) is 0 Å². The third-order valence-corrected chi connectivity index (χ3v) is 4.00. The molecule has 1 amide bonds. The number of fused-ring (bicyclic) bond motifs is 3. The summed E-state index contributed by atoms with van der Waals surface area (Å²) < 4.78 is 0. The maximum absolute atomic E-state index is 12.3. The SMILES string of the molecule is O=C1Nc2ccc3nn[nH]c3c2C1=CNc1ccc(CCO)cc1. The number of H-pyrrole nitrogens is 1. The summed E-state index contributed by atoms with van der Waals surface area (Å²) in [5, 5.41) is 25.6. The van der Waals surface area contributed by atoms with Gasteiger partial charge < -0.3 is 15.7 Å². The Bertz CT molecular complexity index is 943. The Balaban J connectivity index is 1.66. The molecular weight excluding hydrogens is 306 g/mol. The van der Waals surface area contributed by atoms with Gasteiger partial charge in [-0.3, -0.25) is 9.89 Å². The van der Waals surface area contributed by atoms with E-state index in [1.807, 2.05) is 36.4 Å². The van der Waals surface area contributed by atoms with Crippen LogP contribution >= 0.6 is 0 Å². The summed E-state index contributed by atoms with van der Waals surface area (Å²) in [6.07, 6.45) is 2.31. The number of rotatable bonds is 4. The predicted molar refractivity (Wildman–Crippen MR) is 91.3 cm³/mol. The van der Waals surface area contributed by atoms with Crippen molar-refractivity contribution in [3.05, 3.63) is 53.7 Å². The number of aromatic amines is 1. The molecule has 0 radical (unpaired) electrons. The van der Waals surface area contributed by atoms with Gasteiger partial charge in [-0.25, -0.2) is 0 Å². The molecule has 7 heteroatoms. The number of hydrogen-bond acceptors (Lipinski definition) is 5. The quantitative estimate of drug-likeness (QED) is 0.550. The Labute approximate surface area is 137 Å². The fraction of sp³-hybridized carbons (Fsp3) is 0.118. The molecule has 0 spiro atoms. The molecule has 24 heavy (non-hydrogen) atoms. The van der Waals surface area contributed by atoms with Crippen LogP contribution in [0.2, 0.25) is 0 Å². The van der Waals surface area contributed by atoms with E-state index in [9.17, 15) is 4.79 Å². The van der Waals surface area contributed by atoms with E-state index in [0.717, 1.165) is 28.0 Å². The van der Waals surface area contributed by atoms with Gasteiger partial charge in [0.25, 0.3) is 5.91 Å². The Hall–Kier alpha value is -3.19. The monoisotopic (exact) mass is 321 g/mol. The summed E-state index contributed by atoms with van der Waals surface area (Å²) in [4.78, 5) is 12.3. The molecule has 1 aliphatic rings. The summed E-state index contributed by atoms with van der Waals surface area (Å²) in [6.45, 7) is 0.127. The van der Waals surface area contributed by atoms with Gasteiger partial charge in [0.2, 0.25) is 0 Å². The van der Waals surface area contributed by atoms with E-state index in [1.165, 1.54) is 0 Å². The highest BCUT2D eigenvalue weighted by Gasteiger charge is 2.27. The van der Waals surface area contributed by atoms with Gasteiger partial charge in [0.15, 0.2) is 0 Å². The zero-order chi connectivity index (χ0) is 16.5. The van der Waals surface area contributed by atoms with Crippen molar-refractivity contribution in [1.82, 2.24) is 15.4 Å². The summed E-state index contributed by atoms with van der Waals surface area (Å²) in [6, 6.07) is 11.3. The molecular formula is C17H15N5O2. The first-order valence-corrected chi connectivity index (χ1v) is 7.58. The Kier molecular flexibility index (Phi) is 3.47. The lowest BCUT2D eigenvalue weighted by atomic mass is 10.1. The minimum atomic E-state index is -0.170. The topological polar surface area (TPSA) is 103 Å². The zero-order valence-corrected chi connectivity index (χ0v) is 12.7. The molecule has 7 nitrogen and oxygen atoms in total. The molecule has 0 fully saturated rings. The molecule has 0 atom stereocenters. The molecule has 1 aliphatic heterocycles. The van der Waals surface area contributed by atoms with E-state index in [2.05, 4.69) is 26.0 Å². The molecule has 0 saturated heterocycles. The molecule has 4 N–H and O–H groups in total. The average Bonchev–Trinajstić information content (AvgIpc) is 3.18. The third-order valence-electron chi connectivity index (χ3n) is 4.00. The fourth-order valence-corrected chi connectivity index (χ4v) is 2.79. The number of benzene rings is 2. The normalized spacial score (nSPS) is 14.9. The van der Waals surface area contributed by atoms with E-state index in [-0.39, 0.29) is 12.5 Å². The van der Waals surface area contributed by atoms with E-state index >= 15 is 0 Å². The van der Waals surface area contributed by atoms with Gasteiger partial charge in [-0.15, -0.1) is 5.10 Å². The molecule has 0 saturated carbocycles. The first kappa shape index (κ1) is 14.4. The maximum atomic E-state index is 12.3. The van der Waals surface area contributed by atoms with Gasteiger partial charge in [-0.05, 0) is 36.2 Å². The van der Waals surface area contributed by atoms with Gasteiger partial charge in [0.1, 0.15) is 5.52 Å². The van der Waals surface area contributed by atoms with Crippen LogP contribution in [0.5, 0.6) is 0 Å². The van der Waals surface area contributed by atoms with Crippen molar-refractivity contribution in [3.8, 4) is 0 Å². The van der Waals surface area contributed by atoms with Crippen LogP contribution in [0.1, 0.15) is 11.1 Å². The molecule has 1 aromatic heterocycles. The number of nitrogens with zero attached hydrogens (tertiary/aromatic N) is 2. The number of hydrogen-bond donors (Lipinski definition) is 4. The van der Waals surface area contributed by atoms with Crippen LogP contribution in [0, 0.1) is 0 Å². The lowest BCUT2D eigenvalue weighted by Crippen LogP contribution is -2.05. The molecule has 2 heterocycles. The number of carbonyl (C=O) groups is 1. The minimum absolute atomic E-state index is 0.127. The van der Waals surface area contributed by atoms with Crippen molar-refractivity contribution in [2.45, 2.75) is 6.42 Å². The van der Waals surface area contributed by atoms with Crippen molar-refractivity contribution in [1.29, 1.82) is 0 Å². The van der Waals surface area contributed by atoms with Crippen molar-refractivity contribution in [2.24, 2.45) is 0 Å². The molecule has 0 unspecified atom stereocenters. The number of amides is 1. The van der Waals surface area contributed by atoms with Crippen molar-refractivity contribution >= 4 is 33.9 Å². The van der Waals surface area contributed by atoms with Gasteiger partial charge in [-0.2, -0.15) is 0 Å². The highest BCUT2D eigenvalue weighted by Crippen LogP contribution is 2.36. The van der Waals surface area contributed by atoms with Crippen LogP contribution in [0.15, 0.2) is 42.6 Å². The fourth-order valence-electron chi connectivity index (χ4n) is 2.79. The molecule has 2 aromatic carbocycles. The Morgan fingerprint density at radius 3 is 2.79 bits per heavy atom. The van der Waals surface area contributed by atoms with E-state index in [4.69, 9.17) is 5.11 Å². The predicted octanol–water partition coefficient (Wildman–Crippen LogP) is 1.90. The van der Waals surface area contributed by atoms with Gasteiger partial charge >= 0.3 is 0 Å². The molecule has 3 aromatic rings. The van der Waals surface area contributed by atoms with E-state index in [1.54, 1.807) is 6.20 Å². The van der Waals surface area contributed by atoms with Gasteiger partial charge in [0.05, 0.1) is 16.8 Å². The van der Waals surface area contributed by atoms with Crippen LogP contribution < -0.4 is 10.6 Å². The smallest absolute Gasteiger partial charge is 0.257 e. The second-order valence-electron chi connectivity index (χ2n) is 5.52. The molecule has 0 bridgehead atoms. The zero-order valence-electron chi connectivity index (χ0n) is 12.7. The highest BCUT2D eigenvalue weighted by atomic mass is 16.3. The first-order chi connectivity index (χ1) is 11.8. The van der Waals surface area contributed by atoms with Crippen molar-refractivity contribution < 1.29 is 9.90 Å². The minimum Gasteiger partial charge on any atom is -0.396 e. The summed E-state index contributed by atoms with van der Waals surface area (Å²) in [7, 11) is 0. The Morgan fingerprint density at radius 1 is 1.17 bits per heavy atom. The van der Waals surface area contributed by atoms with Crippen LogP contribution in [0.25, 0.3) is 16.6 Å². The highest BCUT2D eigenvalue weighted by molar-refractivity contribution is 6.34. The van der Waals surface area contributed by atoms with Crippen molar-refractivity contribution in [2.75, 3.05) is 17.2 Å². The van der Waals surface area contributed by atoms with Crippen LogP contribution in [-0.4, -0.2) is 33.0 Å². The van der Waals surface area contributed by atoms with E-state index in [0.29, 0.717) is 17.5 Å². The number of aromatic nitrogens is 3. The second kappa shape index (κ2) is 5.78. The molecule has 0 aliphatic carbocycles. The lowest BCUT2D eigenvalue weighted by molar-refractivity contribution is -0.110. The average molecular weight is 321 g/mol. The standard InChI is InChI=1S/C17H15N5O2/c23-8-7-10-1-3-11(4-2-10)18-9-12-15-13(19-17(12)24)5-6-14-16(15)21-22-20-14/h1-6,9,18,23H,7-8H2,(H,19,24)(H,20,21,22). The number of aliphatic hydroxyl groups is 1. The number of nitrogens with one attached hydrogen (secondary N) is 3. The van der Waals surface area contributed by atoms with Crippen molar-refractivity contribution in [3.63, 3.8) is 0 Å². The molecule has 4 rings (SSSR count). The largest absolute Gasteiger partial charge is 0.396 e. The summed E-state index contributed by atoms with van der Waals surface area (Å²) in [5.41, 5.74) is 5.41. The van der Waals surface area contributed by atoms with Crippen LogP contribution in [0.4, 0.5) is 11.4 Å². The van der Waals surface area contributed by atoms with Crippen LogP contribution in [-0.2, 0) is 11.2 Å². The summed E-state index contributed by atoms with van der Waals surface area (Å²) in [5.74, 6) is -0.170. The summed E-state index contributed by atoms with van der Waals surface area (Å²) >= 11 is 0.